The third-order valence-electron chi connectivity index (χ3n) is 3.77. The summed E-state index contributed by atoms with van der Waals surface area (Å²) in [6.07, 6.45) is 3.56. The number of furan rings is 1. The molecule has 0 saturated carbocycles. The first-order chi connectivity index (χ1) is 9.75. The van der Waals surface area contributed by atoms with E-state index >= 15 is 0 Å². The van der Waals surface area contributed by atoms with Crippen LogP contribution in [0.2, 0.25) is 0 Å². The summed E-state index contributed by atoms with van der Waals surface area (Å²) in [6, 6.07) is 14.6. The molecular weight excluding hydrogens is 248 g/mol. The van der Waals surface area contributed by atoms with E-state index in [9.17, 15) is 0 Å². The van der Waals surface area contributed by atoms with E-state index in [1.807, 2.05) is 24.4 Å². The summed E-state index contributed by atoms with van der Waals surface area (Å²) in [5.41, 5.74) is 2.33. The minimum Gasteiger partial charge on any atom is -0.468 e. The van der Waals surface area contributed by atoms with Gasteiger partial charge in [0.1, 0.15) is 5.76 Å². The molecule has 3 heteroatoms. The van der Waals surface area contributed by atoms with Gasteiger partial charge in [0.2, 0.25) is 0 Å². The molecular formula is C17H18N2O. The summed E-state index contributed by atoms with van der Waals surface area (Å²) in [5, 5.41) is 1.22. The normalized spacial score (nSPS) is 12.9. The van der Waals surface area contributed by atoms with Crippen molar-refractivity contribution in [1.29, 1.82) is 0 Å². The van der Waals surface area contributed by atoms with Crippen molar-refractivity contribution in [2.45, 2.75) is 19.5 Å². The number of aromatic nitrogens is 1. The molecule has 3 aromatic rings. The number of rotatable bonds is 4. The highest BCUT2D eigenvalue weighted by Crippen LogP contribution is 2.23. The van der Waals surface area contributed by atoms with Gasteiger partial charge in [0.25, 0.3) is 0 Å². The average molecular weight is 266 g/mol. The van der Waals surface area contributed by atoms with Crippen molar-refractivity contribution >= 4 is 10.9 Å². The summed E-state index contributed by atoms with van der Waals surface area (Å²) in [7, 11) is 2.11. The van der Waals surface area contributed by atoms with Gasteiger partial charge in [0.05, 0.1) is 17.8 Å². The van der Waals surface area contributed by atoms with E-state index in [4.69, 9.17) is 4.42 Å². The molecule has 1 atom stereocenters. The van der Waals surface area contributed by atoms with Crippen LogP contribution in [0.15, 0.2) is 59.3 Å². The zero-order chi connectivity index (χ0) is 13.9. The van der Waals surface area contributed by atoms with E-state index in [0.717, 1.165) is 17.8 Å². The predicted molar refractivity (Wildman–Crippen MR) is 80.3 cm³/mol. The summed E-state index contributed by atoms with van der Waals surface area (Å²) in [4.78, 5) is 6.69. The van der Waals surface area contributed by atoms with Gasteiger partial charge in [-0.1, -0.05) is 18.2 Å². The Labute approximate surface area is 118 Å². The van der Waals surface area contributed by atoms with Crippen LogP contribution in [0.1, 0.15) is 24.3 Å². The number of hydrogen-bond acceptors (Lipinski definition) is 3. The van der Waals surface area contributed by atoms with Crippen LogP contribution in [0.5, 0.6) is 0 Å². The highest BCUT2D eigenvalue weighted by Gasteiger charge is 2.15. The molecule has 0 aliphatic carbocycles. The van der Waals surface area contributed by atoms with Gasteiger partial charge in [0, 0.05) is 18.1 Å². The van der Waals surface area contributed by atoms with Crippen LogP contribution >= 0.6 is 0 Å². The minimum absolute atomic E-state index is 0.247. The standard InChI is InChI=1S/C17H18N2O/c1-13(17-9-5-11-20-17)19(2)12-14-6-3-8-16-15(14)7-4-10-18-16/h3-11,13H,12H2,1-2H3/t13-/m1/s1. The molecule has 0 N–H and O–H groups in total. The molecule has 0 bridgehead atoms. The molecule has 0 spiro atoms. The lowest BCUT2D eigenvalue weighted by Crippen LogP contribution is -2.21. The molecule has 0 amide bonds. The van der Waals surface area contributed by atoms with Gasteiger partial charge in [-0.05, 0) is 43.8 Å². The SMILES string of the molecule is C[C@H](c1ccco1)N(C)Cc1cccc2ncccc12. The lowest BCUT2D eigenvalue weighted by atomic mass is 10.1. The number of pyridine rings is 1. The summed E-state index contributed by atoms with van der Waals surface area (Å²) in [5.74, 6) is 0.992. The lowest BCUT2D eigenvalue weighted by molar-refractivity contribution is 0.224. The van der Waals surface area contributed by atoms with Crippen molar-refractivity contribution in [2.75, 3.05) is 7.05 Å². The zero-order valence-corrected chi connectivity index (χ0v) is 11.8. The Morgan fingerprint density at radius 3 is 2.85 bits per heavy atom. The van der Waals surface area contributed by atoms with Crippen molar-refractivity contribution < 1.29 is 4.42 Å². The zero-order valence-electron chi connectivity index (χ0n) is 11.8. The molecule has 3 nitrogen and oxygen atoms in total. The summed E-state index contributed by atoms with van der Waals surface area (Å²) >= 11 is 0. The fourth-order valence-electron chi connectivity index (χ4n) is 2.46. The Morgan fingerprint density at radius 1 is 1.15 bits per heavy atom. The number of benzene rings is 1. The maximum Gasteiger partial charge on any atom is 0.120 e. The maximum atomic E-state index is 5.49. The van der Waals surface area contributed by atoms with E-state index in [1.54, 1.807) is 6.26 Å². The molecule has 3 rings (SSSR count). The van der Waals surface area contributed by atoms with Gasteiger partial charge >= 0.3 is 0 Å². The van der Waals surface area contributed by atoms with Crippen molar-refractivity contribution in [1.82, 2.24) is 9.88 Å². The van der Waals surface area contributed by atoms with Crippen molar-refractivity contribution in [2.24, 2.45) is 0 Å². The van der Waals surface area contributed by atoms with Crippen LogP contribution < -0.4 is 0 Å². The largest absolute Gasteiger partial charge is 0.468 e. The average Bonchev–Trinajstić information content (AvgIpc) is 3.01. The topological polar surface area (TPSA) is 29.3 Å². The maximum absolute atomic E-state index is 5.49. The Hall–Kier alpha value is -2.13. The third kappa shape index (κ3) is 2.45. The molecule has 0 radical (unpaired) electrons. The first-order valence-electron chi connectivity index (χ1n) is 6.82. The van der Waals surface area contributed by atoms with Gasteiger partial charge in [-0.25, -0.2) is 0 Å². The molecule has 0 unspecified atom stereocenters. The number of nitrogens with zero attached hydrogens (tertiary/aromatic N) is 2. The summed E-state index contributed by atoms with van der Waals surface area (Å²) in [6.45, 7) is 3.02. The van der Waals surface area contributed by atoms with Gasteiger partial charge in [0.15, 0.2) is 0 Å². The fraction of sp³-hybridized carbons (Fsp3) is 0.235. The van der Waals surface area contributed by atoms with Crippen molar-refractivity contribution in [3.8, 4) is 0 Å². The first-order valence-corrected chi connectivity index (χ1v) is 6.82. The molecule has 102 valence electrons. The summed E-state index contributed by atoms with van der Waals surface area (Å²) < 4.78 is 5.49. The van der Waals surface area contributed by atoms with Gasteiger partial charge in [-0.3, -0.25) is 9.88 Å². The number of hydrogen-bond donors (Lipinski definition) is 0. The molecule has 2 aromatic heterocycles. The van der Waals surface area contributed by atoms with Crippen LogP contribution in [-0.4, -0.2) is 16.9 Å². The van der Waals surface area contributed by atoms with Crippen LogP contribution in [0.3, 0.4) is 0 Å². The monoisotopic (exact) mass is 266 g/mol. The quantitative estimate of drug-likeness (QED) is 0.714. The Morgan fingerprint density at radius 2 is 2.05 bits per heavy atom. The van der Waals surface area contributed by atoms with Crippen molar-refractivity contribution in [3.05, 3.63) is 66.2 Å². The van der Waals surface area contributed by atoms with Crippen molar-refractivity contribution in [3.63, 3.8) is 0 Å². The first kappa shape index (κ1) is 12.9. The van der Waals surface area contributed by atoms with Crippen LogP contribution in [0, 0.1) is 0 Å². The minimum atomic E-state index is 0.247. The molecule has 2 heterocycles. The molecule has 0 fully saturated rings. The predicted octanol–water partition coefficient (Wildman–Crippen LogP) is 4.02. The molecule has 20 heavy (non-hydrogen) atoms. The highest BCUT2D eigenvalue weighted by atomic mass is 16.3. The van der Waals surface area contributed by atoms with Gasteiger partial charge in [-0.15, -0.1) is 0 Å². The lowest BCUT2D eigenvalue weighted by Gasteiger charge is -2.23. The Balaban J connectivity index is 1.86. The Bertz CT molecular complexity index is 686. The molecule has 0 saturated heterocycles. The molecule has 1 aromatic carbocycles. The van der Waals surface area contributed by atoms with E-state index < -0.39 is 0 Å². The van der Waals surface area contributed by atoms with E-state index in [2.05, 4.69) is 48.1 Å². The van der Waals surface area contributed by atoms with Crippen LogP contribution in [0.4, 0.5) is 0 Å². The smallest absolute Gasteiger partial charge is 0.120 e. The van der Waals surface area contributed by atoms with Crippen LogP contribution in [-0.2, 0) is 6.54 Å². The highest BCUT2D eigenvalue weighted by molar-refractivity contribution is 5.81. The second kappa shape index (κ2) is 5.47. The third-order valence-corrected chi connectivity index (χ3v) is 3.77. The van der Waals surface area contributed by atoms with E-state index in [0.29, 0.717) is 0 Å². The molecule has 0 aliphatic heterocycles. The van der Waals surface area contributed by atoms with Crippen LogP contribution in [0.25, 0.3) is 10.9 Å². The van der Waals surface area contributed by atoms with E-state index in [-0.39, 0.29) is 6.04 Å². The van der Waals surface area contributed by atoms with Gasteiger partial charge < -0.3 is 4.42 Å². The van der Waals surface area contributed by atoms with Gasteiger partial charge in [-0.2, -0.15) is 0 Å². The second-order valence-corrected chi connectivity index (χ2v) is 5.09. The second-order valence-electron chi connectivity index (χ2n) is 5.09. The number of fused-ring (bicyclic) bond motifs is 1. The fourth-order valence-corrected chi connectivity index (χ4v) is 2.46. The molecule has 0 aliphatic rings. The van der Waals surface area contributed by atoms with E-state index in [1.165, 1.54) is 10.9 Å². The Kier molecular flexibility index (Phi) is 3.52.